The number of rotatable bonds is 4. The number of carboxylic acid groups (broad SMARTS) is 1. The van der Waals surface area contributed by atoms with E-state index in [0.717, 1.165) is 5.56 Å². The summed E-state index contributed by atoms with van der Waals surface area (Å²) in [6, 6.07) is 16.2. The average Bonchev–Trinajstić information content (AvgIpc) is 2.74. The van der Waals surface area contributed by atoms with Gasteiger partial charge in [-0.1, -0.05) is 12.1 Å². The van der Waals surface area contributed by atoms with Gasteiger partial charge < -0.3 is 15.0 Å². The second-order valence-electron chi connectivity index (χ2n) is 6.63. The largest absolute Gasteiger partial charge is 0.477 e. The van der Waals surface area contributed by atoms with E-state index in [9.17, 15) is 14.7 Å². The van der Waals surface area contributed by atoms with Gasteiger partial charge in [-0.15, -0.1) is 0 Å². The minimum atomic E-state index is -1.32. The number of fused-ring (bicyclic) bond motifs is 1. The average molecular weight is 397 g/mol. The Balaban J connectivity index is 1.90. The Bertz CT molecular complexity index is 1390. The third-order valence-electron chi connectivity index (χ3n) is 4.52. The van der Waals surface area contributed by atoms with Crippen molar-refractivity contribution >= 4 is 28.6 Å². The molecule has 4 aromatic rings. The zero-order valence-electron chi connectivity index (χ0n) is 15.8. The molecular weight excluding hydrogens is 382 g/mol. The van der Waals surface area contributed by atoms with Crippen LogP contribution in [0, 0.1) is 18.3 Å². The number of nitrogens with one attached hydrogen (secondary N) is 1. The van der Waals surface area contributed by atoms with Crippen LogP contribution in [0.4, 0.5) is 11.6 Å². The number of benzene rings is 2. The van der Waals surface area contributed by atoms with E-state index >= 15 is 0 Å². The summed E-state index contributed by atoms with van der Waals surface area (Å²) in [7, 11) is 0. The Morgan fingerprint density at radius 2 is 1.97 bits per heavy atom. The standard InChI is InChI=1S/C22H15N5O3/c1-13-3-2-4-16(9-13)27-12-18(21(29)30)19(28)17-11-24-22(26-20(17)27)25-15-7-5-14(10-23)6-8-15/h2-9,11-12H,1H3,(H,29,30)(H,24,25,26). The van der Waals surface area contributed by atoms with E-state index in [-0.39, 0.29) is 22.5 Å². The third kappa shape index (κ3) is 3.47. The van der Waals surface area contributed by atoms with E-state index in [4.69, 9.17) is 5.26 Å². The van der Waals surface area contributed by atoms with Crippen molar-refractivity contribution < 1.29 is 9.90 Å². The molecule has 4 rings (SSSR count). The van der Waals surface area contributed by atoms with Crippen LogP contribution < -0.4 is 10.7 Å². The van der Waals surface area contributed by atoms with Gasteiger partial charge in [0.2, 0.25) is 11.4 Å². The molecule has 0 aliphatic carbocycles. The number of carbonyl (C=O) groups is 1. The minimum Gasteiger partial charge on any atom is -0.477 e. The Labute approximate surface area is 170 Å². The SMILES string of the molecule is Cc1cccc(-n2cc(C(=O)O)c(=O)c3cnc(Nc4ccc(C#N)cc4)nc32)c1. The number of nitrogens with zero attached hydrogens (tertiary/aromatic N) is 4. The maximum atomic E-state index is 12.6. The molecule has 8 nitrogen and oxygen atoms in total. The summed E-state index contributed by atoms with van der Waals surface area (Å²) < 4.78 is 1.57. The molecule has 0 radical (unpaired) electrons. The Morgan fingerprint density at radius 3 is 2.63 bits per heavy atom. The molecular formula is C22H15N5O3. The van der Waals surface area contributed by atoms with Crippen molar-refractivity contribution in [1.82, 2.24) is 14.5 Å². The molecule has 2 heterocycles. The van der Waals surface area contributed by atoms with Gasteiger partial charge in [0.1, 0.15) is 5.56 Å². The Hall–Kier alpha value is -4.51. The van der Waals surface area contributed by atoms with Gasteiger partial charge in [0.25, 0.3) is 0 Å². The van der Waals surface area contributed by atoms with Crippen LogP contribution >= 0.6 is 0 Å². The summed E-state index contributed by atoms with van der Waals surface area (Å²) in [6.45, 7) is 1.92. The van der Waals surface area contributed by atoms with Gasteiger partial charge >= 0.3 is 5.97 Å². The maximum Gasteiger partial charge on any atom is 0.341 e. The number of aromatic nitrogens is 3. The van der Waals surface area contributed by atoms with Crippen LogP contribution in [0.1, 0.15) is 21.5 Å². The summed E-state index contributed by atoms with van der Waals surface area (Å²) in [5.41, 5.74) is 2.11. The van der Waals surface area contributed by atoms with E-state index in [2.05, 4.69) is 15.3 Å². The first-order valence-corrected chi connectivity index (χ1v) is 8.96. The van der Waals surface area contributed by atoms with Crippen LogP contribution in [0.2, 0.25) is 0 Å². The van der Waals surface area contributed by atoms with Crippen molar-refractivity contribution in [3.8, 4) is 11.8 Å². The fraction of sp³-hybridized carbons (Fsp3) is 0.0455. The monoisotopic (exact) mass is 397 g/mol. The topological polar surface area (TPSA) is 121 Å². The van der Waals surface area contributed by atoms with Gasteiger partial charge in [-0.05, 0) is 48.9 Å². The van der Waals surface area contributed by atoms with E-state index < -0.39 is 11.4 Å². The van der Waals surface area contributed by atoms with Gasteiger partial charge in [-0.3, -0.25) is 4.79 Å². The fourth-order valence-corrected chi connectivity index (χ4v) is 3.05. The molecule has 0 amide bonds. The highest BCUT2D eigenvalue weighted by Gasteiger charge is 2.17. The third-order valence-corrected chi connectivity index (χ3v) is 4.52. The van der Waals surface area contributed by atoms with Crippen molar-refractivity contribution in [2.24, 2.45) is 0 Å². The molecule has 0 aliphatic rings. The smallest absolute Gasteiger partial charge is 0.341 e. The molecule has 2 aromatic carbocycles. The van der Waals surface area contributed by atoms with Crippen LogP contribution in [-0.2, 0) is 0 Å². The predicted molar refractivity (Wildman–Crippen MR) is 111 cm³/mol. The first-order chi connectivity index (χ1) is 14.5. The molecule has 0 fully saturated rings. The molecule has 30 heavy (non-hydrogen) atoms. The highest BCUT2D eigenvalue weighted by Crippen LogP contribution is 2.20. The number of hydrogen-bond donors (Lipinski definition) is 2. The molecule has 0 atom stereocenters. The molecule has 0 spiro atoms. The lowest BCUT2D eigenvalue weighted by atomic mass is 10.2. The number of aromatic carboxylic acids is 1. The number of pyridine rings is 1. The number of aryl methyl sites for hydroxylation is 1. The number of carboxylic acids is 1. The molecule has 2 aromatic heterocycles. The summed E-state index contributed by atoms with van der Waals surface area (Å²) in [5.74, 6) is -1.08. The van der Waals surface area contributed by atoms with Crippen molar-refractivity contribution in [2.75, 3.05) is 5.32 Å². The summed E-state index contributed by atoms with van der Waals surface area (Å²) in [6.07, 6.45) is 2.59. The highest BCUT2D eigenvalue weighted by atomic mass is 16.4. The second kappa shape index (κ2) is 7.48. The molecule has 0 aliphatic heterocycles. The first kappa shape index (κ1) is 18.8. The summed E-state index contributed by atoms with van der Waals surface area (Å²) in [5, 5.41) is 21.5. The molecule has 2 N–H and O–H groups in total. The van der Waals surface area contributed by atoms with Crippen molar-refractivity contribution in [3.63, 3.8) is 0 Å². The van der Waals surface area contributed by atoms with Gasteiger partial charge in [-0.25, -0.2) is 9.78 Å². The molecule has 0 saturated heterocycles. The van der Waals surface area contributed by atoms with Gasteiger partial charge in [0.15, 0.2) is 5.65 Å². The summed E-state index contributed by atoms with van der Waals surface area (Å²) >= 11 is 0. The number of hydrogen-bond acceptors (Lipinski definition) is 6. The van der Waals surface area contributed by atoms with Crippen LogP contribution in [-0.4, -0.2) is 25.6 Å². The van der Waals surface area contributed by atoms with Crippen molar-refractivity contribution in [3.05, 3.63) is 87.8 Å². The Kier molecular flexibility index (Phi) is 4.70. The van der Waals surface area contributed by atoms with Crippen LogP contribution in [0.25, 0.3) is 16.7 Å². The van der Waals surface area contributed by atoms with Gasteiger partial charge in [0.05, 0.1) is 17.0 Å². The van der Waals surface area contributed by atoms with E-state index in [0.29, 0.717) is 16.9 Å². The lowest BCUT2D eigenvalue weighted by Gasteiger charge is -2.13. The molecule has 0 bridgehead atoms. The highest BCUT2D eigenvalue weighted by molar-refractivity contribution is 5.92. The summed E-state index contributed by atoms with van der Waals surface area (Å²) in [4.78, 5) is 32.9. The minimum absolute atomic E-state index is 0.0989. The van der Waals surface area contributed by atoms with Crippen LogP contribution in [0.5, 0.6) is 0 Å². The van der Waals surface area contributed by atoms with Gasteiger partial charge in [-0.2, -0.15) is 10.2 Å². The predicted octanol–water partition coefficient (Wildman–Crippen LogP) is 3.40. The lowest BCUT2D eigenvalue weighted by molar-refractivity contribution is 0.0695. The molecule has 0 unspecified atom stereocenters. The van der Waals surface area contributed by atoms with E-state index in [1.54, 1.807) is 34.9 Å². The molecule has 0 saturated carbocycles. The van der Waals surface area contributed by atoms with Crippen LogP contribution in [0.3, 0.4) is 0 Å². The van der Waals surface area contributed by atoms with Gasteiger partial charge in [0, 0.05) is 23.8 Å². The maximum absolute atomic E-state index is 12.6. The van der Waals surface area contributed by atoms with Crippen LogP contribution in [0.15, 0.2) is 65.7 Å². The van der Waals surface area contributed by atoms with Crippen molar-refractivity contribution in [2.45, 2.75) is 6.92 Å². The Morgan fingerprint density at radius 1 is 1.20 bits per heavy atom. The number of nitriles is 1. The number of anilines is 2. The fourth-order valence-electron chi connectivity index (χ4n) is 3.05. The zero-order chi connectivity index (χ0) is 21.3. The first-order valence-electron chi connectivity index (χ1n) is 8.96. The quantitative estimate of drug-likeness (QED) is 0.541. The lowest BCUT2D eigenvalue weighted by Crippen LogP contribution is -2.19. The second-order valence-corrected chi connectivity index (χ2v) is 6.63. The normalized spacial score (nSPS) is 10.5. The molecule has 146 valence electrons. The van der Waals surface area contributed by atoms with E-state index in [1.165, 1.54) is 12.4 Å². The zero-order valence-corrected chi connectivity index (χ0v) is 15.8. The molecule has 8 heteroatoms. The van der Waals surface area contributed by atoms with E-state index in [1.807, 2.05) is 31.2 Å². The van der Waals surface area contributed by atoms with Crippen molar-refractivity contribution in [1.29, 1.82) is 5.26 Å².